The second-order valence-electron chi connectivity index (χ2n) is 9.40. The molecule has 2 unspecified atom stereocenters. The molecule has 0 saturated carbocycles. The molecule has 0 aromatic heterocycles. The summed E-state index contributed by atoms with van der Waals surface area (Å²) in [4.78, 5) is 25.7. The summed E-state index contributed by atoms with van der Waals surface area (Å²) in [6, 6.07) is 9.07. The molecule has 3 N–H and O–H groups in total. The molecule has 0 fully saturated rings. The summed E-state index contributed by atoms with van der Waals surface area (Å²) in [6.07, 6.45) is -0.354. The number of carbonyl (C=O) groups is 2. The highest BCUT2D eigenvalue weighted by Crippen LogP contribution is 2.38. The number of amides is 2. The maximum Gasteiger partial charge on any atom is 0.414 e. The standard InChI is InChI=1S/C21H36N2O4Si/c1-19(2,3)21(27-28(7)8,16(22)14-15-12-10-9-11-13-15)17(24)23-18(25)26-20(4,5)6/h9-13,16,28H,14,22H2,1-8H3,(H,23,24,25). The summed E-state index contributed by atoms with van der Waals surface area (Å²) in [5, 5.41) is 2.37. The van der Waals surface area contributed by atoms with Gasteiger partial charge < -0.3 is 14.9 Å². The summed E-state index contributed by atoms with van der Waals surface area (Å²) < 4.78 is 11.6. The van der Waals surface area contributed by atoms with Crippen LogP contribution in [0.2, 0.25) is 13.1 Å². The van der Waals surface area contributed by atoms with Crippen LogP contribution in [-0.2, 0) is 20.4 Å². The second kappa shape index (κ2) is 9.20. The number of hydrogen-bond donors (Lipinski definition) is 2. The number of benzene rings is 1. The van der Waals surface area contributed by atoms with Crippen molar-refractivity contribution in [2.75, 3.05) is 0 Å². The monoisotopic (exact) mass is 408 g/mol. The molecule has 0 spiro atoms. The van der Waals surface area contributed by atoms with E-state index in [0.717, 1.165) is 5.56 Å². The Hall–Kier alpha value is -1.70. The Morgan fingerprint density at radius 3 is 2.04 bits per heavy atom. The van der Waals surface area contributed by atoms with Gasteiger partial charge in [0.25, 0.3) is 5.91 Å². The van der Waals surface area contributed by atoms with Crippen LogP contribution in [0.5, 0.6) is 0 Å². The van der Waals surface area contributed by atoms with Gasteiger partial charge in [-0.25, -0.2) is 4.79 Å². The van der Waals surface area contributed by atoms with Crippen molar-refractivity contribution in [1.82, 2.24) is 5.32 Å². The van der Waals surface area contributed by atoms with Crippen molar-refractivity contribution in [2.24, 2.45) is 11.1 Å². The maximum atomic E-state index is 13.4. The first-order valence-corrected chi connectivity index (χ1v) is 12.5. The molecule has 0 heterocycles. The zero-order chi connectivity index (χ0) is 21.8. The molecule has 28 heavy (non-hydrogen) atoms. The third kappa shape index (κ3) is 6.43. The minimum atomic E-state index is -1.70. The van der Waals surface area contributed by atoms with Crippen molar-refractivity contribution in [3.05, 3.63) is 35.9 Å². The van der Waals surface area contributed by atoms with Crippen molar-refractivity contribution in [3.8, 4) is 0 Å². The van der Waals surface area contributed by atoms with E-state index in [1.54, 1.807) is 20.8 Å². The second-order valence-corrected chi connectivity index (χ2v) is 11.7. The lowest BCUT2D eigenvalue weighted by Gasteiger charge is -2.48. The van der Waals surface area contributed by atoms with E-state index in [1.807, 2.05) is 64.2 Å². The van der Waals surface area contributed by atoms with Gasteiger partial charge in [0.2, 0.25) is 0 Å². The lowest BCUT2D eigenvalue weighted by Crippen LogP contribution is -2.69. The first-order valence-electron chi connectivity index (χ1n) is 9.71. The number of imide groups is 1. The van der Waals surface area contributed by atoms with Gasteiger partial charge in [-0.3, -0.25) is 10.1 Å². The Morgan fingerprint density at radius 2 is 1.61 bits per heavy atom. The molecule has 0 bridgehead atoms. The topological polar surface area (TPSA) is 90.6 Å². The number of alkyl carbamates (subject to hydrolysis) is 1. The first kappa shape index (κ1) is 24.3. The normalized spacial score (nSPS) is 15.6. The van der Waals surface area contributed by atoms with Gasteiger partial charge in [0.1, 0.15) is 5.60 Å². The van der Waals surface area contributed by atoms with E-state index in [1.165, 1.54) is 0 Å². The summed E-state index contributed by atoms with van der Waals surface area (Å²) in [6.45, 7) is 14.9. The van der Waals surface area contributed by atoms with Gasteiger partial charge in [-0.2, -0.15) is 0 Å². The van der Waals surface area contributed by atoms with E-state index in [2.05, 4.69) is 5.32 Å². The number of hydrogen-bond acceptors (Lipinski definition) is 5. The van der Waals surface area contributed by atoms with Crippen LogP contribution in [-0.4, -0.2) is 38.3 Å². The van der Waals surface area contributed by atoms with Crippen molar-refractivity contribution >= 4 is 21.0 Å². The van der Waals surface area contributed by atoms with Gasteiger partial charge in [-0.1, -0.05) is 51.1 Å². The van der Waals surface area contributed by atoms with E-state index >= 15 is 0 Å². The number of nitrogens with one attached hydrogen (secondary N) is 1. The van der Waals surface area contributed by atoms with E-state index < -0.39 is 43.7 Å². The van der Waals surface area contributed by atoms with Crippen LogP contribution in [0.4, 0.5) is 4.79 Å². The van der Waals surface area contributed by atoms with E-state index in [0.29, 0.717) is 6.42 Å². The average Bonchev–Trinajstić information content (AvgIpc) is 2.49. The van der Waals surface area contributed by atoms with Crippen LogP contribution < -0.4 is 11.1 Å². The van der Waals surface area contributed by atoms with Gasteiger partial charge in [0.15, 0.2) is 14.6 Å². The lowest BCUT2D eigenvalue weighted by molar-refractivity contribution is -0.151. The van der Waals surface area contributed by atoms with Crippen LogP contribution in [0.1, 0.15) is 47.1 Å². The molecule has 158 valence electrons. The number of nitrogens with two attached hydrogens (primary N) is 1. The summed E-state index contributed by atoms with van der Waals surface area (Å²) >= 11 is 0. The predicted octanol–water partition coefficient (Wildman–Crippen LogP) is 3.39. The first-order chi connectivity index (χ1) is 12.7. The lowest BCUT2D eigenvalue weighted by atomic mass is 9.70. The SMILES string of the molecule is C[SiH](C)OC(C(=O)NC(=O)OC(C)(C)C)(C(N)Cc1ccccc1)C(C)(C)C. The summed E-state index contributed by atoms with van der Waals surface area (Å²) in [5.41, 5.74) is 4.87. The molecule has 2 amide bonds. The molecule has 1 aromatic carbocycles. The van der Waals surface area contributed by atoms with Crippen molar-refractivity contribution < 1.29 is 18.8 Å². The molecule has 2 atom stereocenters. The summed E-state index contributed by atoms with van der Waals surface area (Å²) in [5.74, 6) is -0.557. The fourth-order valence-electron chi connectivity index (χ4n) is 3.26. The van der Waals surface area contributed by atoms with Crippen LogP contribution in [0, 0.1) is 5.41 Å². The Morgan fingerprint density at radius 1 is 1.07 bits per heavy atom. The smallest absolute Gasteiger partial charge is 0.414 e. The summed E-state index contributed by atoms with van der Waals surface area (Å²) in [7, 11) is -1.70. The van der Waals surface area contributed by atoms with E-state index in [4.69, 9.17) is 14.9 Å². The highest BCUT2D eigenvalue weighted by molar-refractivity contribution is 6.48. The fourth-order valence-corrected chi connectivity index (χ4v) is 4.63. The van der Waals surface area contributed by atoms with Crippen LogP contribution in [0.25, 0.3) is 0 Å². The molecule has 0 saturated heterocycles. The van der Waals surface area contributed by atoms with Crippen molar-refractivity contribution in [1.29, 1.82) is 0 Å². The zero-order valence-electron chi connectivity index (χ0n) is 18.5. The number of ether oxygens (including phenoxy) is 1. The Balaban J connectivity index is 3.28. The zero-order valence-corrected chi connectivity index (χ0v) is 19.6. The molecule has 0 radical (unpaired) electrons. The molecule has 6 nitrogen and oxygen atoms in total. The van der Waals surface area contributed by atoms with E-state index in [9.17, 15) is 9.59 Å². The quantitative estimate of drug-likeness (QED) is 0.704. The highest BCUT2D eigenvalue weighted by Gasteiger charge is 2.55. The van der Waals surface area contributed by atoms with Gasteiger partial charge in [-0.15, -0.1) is 0 Å². The van der Waals surface area contributed by atoms with E-state index in [-0.39, 0.29) is 0 Å². The van der Waals surface area contributed by atoms with Crippen molar-refractivity contribution in [3.63, 3.8) is 0 Å². The van der Waals surface area contributed by atoms with Crippen LogP contribution in [0.3, 0.4) is 0 Å². The Labute approximate surface area is 170 Å². The third-order valence-corrected chi connectivity index (χ3v) is 5.15. The molecular weight excluding hydrogens is 372 g/mol. The molecule has 0 aliphatic carbocycles. The Bertz CT molecular complexity index is 665. The highest BCUT2D eigenvalue weighted by atomic mass is 28.3. The molecule has 0 aliphatic rings. The van der Waals surface area contributed by atoms with Gasteiger partial charge >= 0.3 is 6.09 Å². The van der Waals surface area contributed by atoms with Crippen LogP contribution >= 0.6 is 0 Å². The minimum Gasteiger partial charge on any atom is -0.444 e. The van der Waals surface area contributed by atoms with Crippen LogP contribution in [0.15, 0.2) is 30.3 Å². The van der Waals surface area contributed by atoms with Gasteiger partial charge in [0.05, 0.1) is 0 Å². The third-order valence-electron chi connectivity index (χ3n) is 4.31. The minimum absolute atomic E-state index is 0.445. The predicted molar refractivity (Wildman–Crippen MR) is 115 cm³/mol. The molecule has 7 heteroatoms. The van der Waals surface area contributed by atoms with Gasteiger partial charge in [-0.05, 0) is 45.8 Å². The molecular formula is C21H36N2O4Si. The largest absolute Gasteiger partial charge is 0.444 e. The number of rotatable bonds is 6. The van der Waals surface area contributed by atoms with Gasteiger partial charge in [0, 0.05) is 11.5 Å². The Kier molecular flexibility index (Phi) is 7.99. The molecule has 0 aliphatic heterocycles. The fraction of sp³-hybridized carbons (Fsp3) is 0.619. The molecule has 1 rings (SSSR count). The average molecular weight is 409 g/mol. The number of carbonyl (C=O) groups excluding carboxylic acids is 2. The maximum absolute atomic E-state index is 13.4. The van der Waals surface area contributed by atoms with Crippen molar-refractivity contribution in [2.45, 2.75) is 78.3 Å². The molecule has 1 aromatic rings.